The molecule has 1 saturated heterocycles. The number of carboxylic acids is 2. The summed E-state index contributed by atoms with van der Waals surface area (Å²) in [6.07, 6.45) is 0. The molecule has 14 nitrogen and oxygen atoms in total. The molecule has 0 saturated carbocycles. The molecule has 5 N–H and O–H groups in total. The maximum atomic E-state index is 12.9. The Labute approximate surface area is 275 Å². The van der Waals surface area contributed by atoms with Gasteiger partial charge in [0.15, 0.2) is 22.9 Å². The Morgan fingerprint density at radius 1 is 1.21 bits per heavy atom. The van der Waals surface area contributed by atoms with Crippen molar-refractivity contribution >= 4 is 85.9 Å². The number of aliphatic imine (C=N–C) groups is 1. The Balaban J connectivity index is 0.00000253. The Morgan fingerprint density at radius 2 is 1.89 bits per heavy atom. The van der Waals surface area contributed by atoms with Gasteiger partial charge in [0.2, 0.25) is 0 Å². The van der Waals surface area contributed by atoms with Gasteiger partial charge in [0, 0.05) is 33.1 Å². The minimum Gasteiger partial charge on any atom is -0.857 e. The van der Waals surface area contributed by atoms with Crippen LogP contribution in [0.3, 0.4) is 0 Å². The summed E-state index contributed by atoms with van der Waals surface area (Å²) in [4.78, 5) is 53.6. The number of β-lactam (4-membered cyclic amide) rings is 1. The first kappa shape index (κ1) is 32.9. The number of nitrogens with two attached hydrogens (primary N) is 2. The second-order valence-electron chi connectivity index (χ2n) is 6.99. The van der Waals surface area contributed by atoms with E-state index in [2.05, 4.69) is 25.0 Å². The average Bonchev–Trinajstić information content (AvgIpc) is 3.45. The molecule has 0 bridgehead atoms. The van der Waals surface area contributed by atoms with Crippen LogP contribution in [0.1, 0.15) is 11.4 Å². The molecule has 0 aromatic carbocycles. The van der Waals surface area contributed by atoms with E-state index < -0.39 is 47.5 Å². The van der Waals surface area contributed by atoms with Crippen molar-refractivity contribution in [1.29, 1.82) is 0 Å². The number of carboxylic acid groups (broad SMARTS) is 2. The monoisotopic (exact) mass is 615 g/mol. The first-order valence-electron chi connectivity index (χ1n) is 9.75. The molecular formula is C18H15N7Na2O7S4. The number of thiazole rings is 2. The number of rotatable bonds is 10. The van der Waals surface area contributed by atoms with Crippen molar-refractivity contribution < 1.29 is 93.7 Å². The number of anilines is 2. The molecule has 4 heterocycles. The largest absolute Gasteiger partial charge is 1.00 e. The molecule has 1 amide bonds. The first-order valence-corrected chi connectivity index (χ1v) is 13.5. The van der Waals surface area contributed by atoms with Crippen LogP contribution in [0.25, 0.3) is 0 Å². The molecule has 2 atom stereocenters. The number of aromatic nitrogens is 2. The van der Waals surface area contributed by atoms with E-state index in [0.717, 1.165) is 16.2 Å². The summed E-state index contributed by atoms with van der Waals surface area (Å²) in [6, 6.07) is -1.18. The van der Waals surface area contributed by atoms with Crippen LogP contribution in [-0.4, -0.2) is 73.2 Å². The van der Waals surface area contributed by atoms with Gasteiger partial charge >= 0.3 is 65.1 Å². The summed E-state index contributed by atoms with van der Waals surface area (Å²) in [6.45, 7) is -0.925. The zero-order chi connectivity index (χ0) is 26.0. The van der Waals surface area contributed by atoms with Gasteiger partial charge in [0.05, 0.1) is 11.7 Å². The summed E-state index contributed by atoms with van der Waals surface area (Å²) in [7, 11) is 0. The van der Waals surface area contributed by atoms with Crippen molar-refractivity contribution in [2.75, 3.05) is 23.8 Å². The minimum absolute atomic E-state index is 0. The van der Waals surface area contributed by atoms with Gasteiger partial charge in [-0.25, -0.2) is 14.8 Å². The van der Waals surface area contributed by atoms with Crippen LogP contribution in [0.5, 0.6) is 0 Å². The number of hydrogen-bond acceptors (Lipinski definition) is 16. The minimum atomic E-state index is -1.57. The number of carbonyl (C=O) groups excluding carboxylic acids is 2. The third-order valence-corrected chi connectivity index (χ3v) is 8.60. The number of oxime groups is 1. The SMILES string of the molecule is Nc1nc(CSC2=C(C(=O)O)N3C(=O)[C@@H](N=C([O-])/C(=N/OCC(=O)[O-])c4csc(N)n4)[C@H]3SC2)cs1.[Na+].[Na+]. The van der Waals surface area contributed by atoms with Crippen LogP contribution in [0.2, 0.25) is 0 Å². The fourth-order valence-corrected chi connectivity index (χ4v) is 6.87. The predicted molar refractivity (Wildman–Crippen MR) is 131 cm³/mol. The van der Waals surface area contributed by atoms with Crippen LogP contribution in [-0.2, 0) is 25.0 Å². The van der Waals surface area contributed by atoms with Crippen LogP contribution in [0.15, 0.2) is 31.5 Å². The molecule has 4 rings (SSSR count). The Morgan fingerprint density at radius 3 is 2.47 bits per heavy atom. The van der Waals surface area contributed by atoms with Crippen molar-refractivity contribution in [3.63, 3.8) is 0 Å². The van der Waals surface area contributed by atoms with Crippen LogP contribution in [0, 0.1) is 0 Å². The molecule has 0 radical (unpaired) electrons. The van der Waals surface area contributed by atoms with E-state index in [1.165, 1.54) is 40.2 Å². The van der Waals surface area contributed by atoms with E-state index in [9.17, 15) is 29.7 Å². The third kappa shape index (κ3) is 7.43. The Kier molecular flexibility index (Phi) is 12.4. The normalized spacial score (nSPS) is 19.2. The van der Waals surface area contributed by atoms with E-state index in [0.29, 0.717) is 21.5 Å². The van der Waals surface area contributed by atoms with E-state index in [-0.39, 0.29) is 81.4 Å². The standard InChI is InChI=1S/C18H17N7O7S4.2Na/c19-17-21-6(3-35-17)2-33-8-5-34-15-11(14(29)25(15)12(8)16(30)31)23-13(28)10(24-32-1-9(26)27)7-4-36-18(20)22-7;;/h3-4,11,15H,1-2,5H2,(H2,19,21)(H2,20,22)(H,23,28)(H,26,27)(H,30,31);;/q;2*+1/p-2/b24-10+;;/t11-,15-;;/m1../s1. The summed E-state index contributed by atoms with van der Waals surface area (Å²) in [5.41, 5.74) is 11.3. The maximum absolute atomic E-state index is 12.9. The molecule has 2 aliphatic heterocycles. The summed E-state index contributed by atoms with van der Waals surface area (Å²) in [5, 5.41) is 39.7. The molecular weight excluding hydrogens is 600 g/mol. The van der Waals surface area contributed by atoms with Crippen molar-refractivity contribution in [2.45, 2.75) is 17.2 Å². The zero-order valence-corrected chi connectivity index (χ0v) is 27.1. The first-order chi connectivity index (χ1) is 17.2. The van der Waals surface area contributed by atoms with Gasteiger partial charge < -0.3 is 36.4 Å². The van der Waals surface area contributed by atoms with Crippen molar-refractivity contribution in [2.24, 2.45) is 10.1 Å². The summed E-state index contributed by atoms with van der Waals surface area (Å²) >= 11 is 4.76. The smallest absolute Gasteiger partial charge is 0.857 e. The fraction of sp³-hybridized carbons (Fsp3) is 0.278. The number of amides is 1. The maximum Gasteiger partial charge on any atom is 1.00 e. The second kappa shape index (κ2) is 14.3. The molecule has 38 heavy (non-hydrogen) atoms. The van der Waals surface area contributed by atoms with Crippen molar-refractivity contribution in [3.8, 4) is 0 Å². The predicted octanol–water partition coefficient (Wildman–Crippen LogP) is -7.49. The molecule has 0 spiro atoms. The quantitative estimate of drug-likeness (QED) is 0.0742. The Hall–Kier alpha value is -1.35. The van der Waals surface area contributed by atoms with E-state index in [1.54, 1.807) is 5.38 Å². The molecule has 2 aromatic heterocycles. The van der Waals surface area contributed by atoms with Gasteiger partial charge in [0.25, 0.3) is 5.91 Å². The number of hydrogen-bond donors (Lipinski definition) is 3. The Bertz CT molecular complexity index is 1320. The van der Waals surface area contributed by atoms with E-state index >= 15 is 0 Å². The van der Waals surface area contributed by atoms with E-state index in [4.69, 9.17) is 11.5 Å². The molecule has 190 valence electrons. The van der Waals surface area contributed by atoms with Gasteiger partial charge in [-0.3, -0.25) is 14.7 Å². The van der Waals surface area contributed by atoms with Gasteiger partial charge in [-0.1, -0.05) is 5.16 Å². The number of nitrogen functional groups attached to an aromatic ring is 2. The van der Waals surface area contributed by atoms with Gasteiger partial charge in [-0.2, -0.15) is 0 Å². The number of nitrogens with zero attached hydrogens (tertiary/aromatic N) is 5. The molecule has 2 aromatic rings. The van der Waals surface area contributed by atoms with Gasteiger partial charge in [-0.05, 0) is 0 Å². The molecule has 0 unspecified atom stereocenters. The molecule has 0 aliphatic carbocycles. The number of fused-ring (bicyclic) bond motifs is 1. The van der Waals surface area contributed by atoms with Crippen LogP contribution in [0.4, 0.5) is 10.3 Å². The van der Waals surface area contributed by atoms with E-state index in [1.807, 2.05) is 0 Å². The van der Waals surface area contributed by atoms with Crippen molar-refractivity contribution in [3.05, 3.63) is 32.8 Å². The fourth-order valence-electron chi connectivity index (χ4n) is 3.15. The number of carbonyl (C=O) groups is 3. The number of aliphatic carboxylic acids is 2. The van der Waals surface area contributed by atoms with Crippen LogP contribution < -0.4 is 80.8 Å². The summed E-state index contributed by atoms with van der Waals surface area (Å²) in [5.74, 6) is -3.87. The second-order valence-corrected chi connectivity index (χ2v) is 10.9. The summed E-state index contributed by atoms with van der Waals surface area (Å²) < 4.78 is 0. The number of thioether (sulfide) groups is 2. The van der Waals surface area contributed by atoms with Gasteiger partial charge in [-0.15, -0.1) is 46.2 Å². The molecule has 1 fully saturated rings. The van der Waals surface area contributed by atoms with Crippen LogP contribution >= 0.6 is 46.2 Å². The average molecular weight is 616 g/mol. The third-order valence-electron chi connectivity index (χ3n) is 4.63. The molecule has 20 heteroatoms. The van der Waals surface area contributed by atoms with Gasteiger partial charge in [0.1, 0.15) is 22.5 Å². The topological polar surface area (TPSA) is 233 Å². The zero-order valence-electron chi connectivity index (χ0n) is 19.9. The molecule has 2 aliphatic rings. The van der Waals surface area contributed by atoms with Crippen molar-refractivity contribution in [1.82, 2.24) is 14.9 Å².